The molecule has 0 saturated carbocycles. The average molecular weight is 193 g/mol. The number of carbonyl (C=O) groups excluding carboxylic acids is 1. The molecule has 0 bridgehead atoms. The molecule has 0 heterocycles. The lowest BCUT2D eigenvalue weighted by Gasteiger charge is -2.08. The minimum atomic E-state index is -0.502. The fourth-order valence-corrected chi connectivity index (χ4v) is 1.36. The highest BCUT2D eigenvalue weighted by atomic mass is 16.3. The van der Waals surface area contributed by atoms with Crippen molar-refractivity contribution >= 4 is 5.78 Å². The lowest BCUT2D eigenvalue weighted by molar-refractivity contribution is 0.0968. The van der Waals surface area contributed by atoms with Gasteiger partial charge in [-0.25, -0.2) is 0 Å². The molecule has 0 fully saturated rings. The molecule has 0 saturated heterocycles. The standard InChI is InChI=1S/C11H15NO2/c1-6-4-9(11(14)8(3)12)5-7(2)10(6)13/h4-5,8,13H,12H2,1-3H3. The van der Waals surface area contributed by atoms with Crippen molar-refractivity contribution in [1.29, 1.82) is 0 Å². The predicted molar refractivity (Wildman–Crippen MR) is 55.6 cm³/mol. The van der Waals surface area contributed by atoms with Crippen LogP contribution < -0.4 is 5.73 Å². The highest BCUT2D eigenvalue weighted by Crippen LogP contribution is 2.23. The van der Waals surface area contributed by atoms with Gasteiger partial charge in [-0.05, 0) is 44.0 Å². The zero-order valence-corrected chi connectivity index (χ0v) is 8.66. The van der Waals surface area contributed by atoms with Crippen molar-refractivity contribution in [3.63, 3.8) is 0 Å². The average Bonchev–Trinajstić information content (AvgIpc) is 2.12. The van der Waals surface area contributed by atoms with E-state index in [1.165, 1.54) is 0 Å². The Morgan fingerprint density at radius 2 is 1.79 bits per heavy atom. The van der Waals surface area contributed by atoms with Gasteiger partial charge in [-0.3, -0.25) is 4.79 Å². The largest absolute Gasteiger partial charge is 0.507 e. The summed E-state index contributed by atoms with van der Waals surface area (Å²) in [4.78, 5) is 11.6. The van der Waals surface area contributed by atoms with Crippen molar-refractivity contribution in [2.75, 3.05) is 0 Å². The Morgan fingerprint density at radius 1 is 1.36 bits per heavy atom. The van der Waals surface area contributed by atoms with E-state index in [0.717, 1.165) is 0 Å². The second-order valence-electron chi connectivity index (χ2n) is 3.61. The quantitative estimate of drug-likeness (QED) is 0.700. The summed E-state index contributed by atoms with van der Waals surface area (Å²) in [5.41, 5.74) is 7.46. The van der Waals surface area contributed by atoms with E-state index in [0.29, 0.717) is 16.7 Å². The van der Waals surface area contributed by atoms with Gasteiger partial charge in [0.25, 0.3) is 0 Å². The summed E-state index contributed by atoms with van der Waals surface area (Å²) in [7, 11) is 0. The Balaban J connectivity index is 3.19. The molecule has 1 rings (SSSR count). The van der Waals surface area contributed by atoms with Gasteiger partial charge in [0, 0.05) is 5.56 Å². The molecule has 0 aliphatic rings. The molecule has 1 aromatic carbocycles. The number of hydrogen-bond donors (Lipinski definition) is 2. The fourth-order valence-electron chi connectivity index (χ4n) is 1.36. The van der Waals surface area contributed by atoms with Crippen LogP contribution in [0.2, 0.25) is 0 Å². The summed E-state index contributed by atoms with van der Waals surface area (Å²) in [6.45, 7) is 5.18. The van der Waals surface area contributed by atoms with Gasteiger partial charge >= 0.3 is 0 Å². The number of aryl methyl sites for hydroxylation is 2. The highest BCUT2D eigenvalue weighted by molar-refractivity contribution is 6.00. The maximum absolute atomic E-state index is 11.6. The monoisotopic (exact) mass is 193 g/mol. The van der Waals surface area contributed by atoms with Gasteiger partial charge in [-0.2, -0.15) is 0 Å². The van der Waals surface area contributed by atoms with Crippen LogP contribution in [0.4, 0.5) is 0 Å². The molecule has 0 radical (unpaired) electrons. The van der Waals surface area contributed by atoms with E-state index in [4.69, 9.17) is 5.73 Å². The third-order valence-electron chi connectivity index (χ3n) is 2.19. The smallest absolute Gasteiger partial charge is 0.179 e. The van der Waals surface area contributed by atoms with Crippen molar-refractivity contribution in [3.8, 4) is 5.75 Å². The maximum atomic E-state index is 11.6. The predicted octanol–water partition coefficient (Wildman–Crippen LogP) is 1.54. The highest BCUT2D eigenvalue weighted by Gasteiger charge is 2.13. The molecule has 0 aromatic heterocycles. The first kappa shape index (κ1) is 10.7. The van der Waals surface area contributed by atoms with E-state index >= 15 is 0 Å². The Bertz CT molecular complexity index is 347. The number of carbonyl (C=O) groups is 1. The molecule has 14 heavy (non-hydrogen) atoms. The molecule has 76 valence electrons. The number of nitrogens with two attached hydrogens (primary N) is 1. The molecule has 3 N–H and O–H groups in total. The number of phenolic OH excluding ortho intramolecular Hbond substituents is 1. The number of rotatable bonds is 2. The van der Waals surface area contributed by atoms with Crippen LogP contribution in [0, 0.1) is 13.8 Å². The van der Waals surface area contributed by atoms with Gasteiger partial charge < -0.3 is 10.8 Å². The second-order valence-corrected chi connectivity index (χ2v) is 3.61. The van der Waals surface area contributed by atoms with Crippen molar-refractivity contribution in [2.24, 2.45) is 5.73 Å². The molecular formula is C11H15NO2. The Kier molecular flexibility index (Phi) is 2.91. The van der Waals surface area contributed by atoms with Crippen LogP contribution in [0.15, 0.2) is 12.1 Å². The summed E-state index contributed by atoms with van der Waals surface area (Å²) in [5, 5.41) is 9.51. The third-order valence-corrected chi connectivity index (χ3v) is 2.19. The summed E-state index contributed by atoms with van der Waals surface area (Å²) in [5.74, 6) is 0.141. The Morgan fingerprint density at radius 3 is 2.14 bits per heavy atom. The van der Waals surface area contributed by atoms with Crippen LogP contribution in [0.3, 0.4) is 0 Å². The lowest BCUT2D eigenvalue weighted by atomic mass is 10.00. The topological polar surface area (TPSA) is 63.3 Å². The molecular weight excluding hydrogens is 178 g/mol. The van der Waals surface area contributed by atoms with Crippen LogP contribution in [-0.2, 0) is 0 Å². The summed E-state index contributed by atoms with van der Waals surface area (Å²) < 4.78 is 0. The van der Waals surface area contributed by atoms with Gasteiger partial charge in [-0.1, -0.05) is 0 Å². The molecule has 0 amide bonds. The van der Waals surface area contributed by atoms with Crippen LogP contribution in [0.25, 0.3) is 0 Å². The summed E-state index contributed by atoms with van der Waals surface area (Å²) >= 11 is 0. The first-order valence-electron chi connectivity index (χ1n) is 4.53. The Labute approximate surface area is 83.6 Å². The molecule has 1 unspecified atom stereocenters. The lowest BCUT2D eigenvalue weighted by Crippen LogP contribution is -2.26. The van der Waals surface area contributed by atoms with Gasteiger partial charge in [-0.15, -0.1) is 0 Å². The fraction of sp³-hybridized carbons (Fsp3) is 0.364. The summed E-state index contributed by atoms with van der Waals surface area (Å²) in [6, 6.07) is 2.82. The number of Topliss-reactive ketones (excluding diaryl/α,β-unsaturated/α-hetero) is 1. The van der Waals surface area contributed by atoms with Crippen molar-refractivity contribution in [3.05, 3.63) is 28.8 Å². The van der Waals surface area contributed by atoms with E-state index in [2.05, 4.69) is 0 Å². The molecule has 0 aliphatic heterocycles. The minimum absolute atomic E-state index is 0.101. The normalized spacial score (nSPS) is 12.6. The van der Waals surface area contributed by atoms with Gasteiger partial charge in [0.1, 0.15) is 5.75 Å². The van der Waals surface area contributed by atoms with Gasteiger partial charge in [0.15, 0.2) is 5.78 Å². The molecule has 0 aliphatic carbocycles. The zero-order valence-electron chi connectivity index (χ0n) is 8.66. The summed E-state index contributed by atoms with van der Waals surface area (Å²) in [6.07, 6.45) is 0. The Hall–Kier alpha value is -1.35. The number of aromatic hydroxyl groups is 1. The SMILES string of the molecule is Cc1cc(C(=O)C(C)N)cc(C)c1O. The molecule has 0 spiro atoms. The first-order valence-corrected chi connectivity index (χ1v) is 4.53. The second kappa shape index (κ2) is 3.80. The van der Waals surface area contributed by atoms with Gasteiger partial charge in [0.2, 0.25) is 0 Å². The van der Waals surface area contributed by atoms with Crippen molar-refractivity contribution in [2.45, 2.75) is 26.8 Å². The van der Waals surface area contributed by atoms with E-state index < -0.39 is 6.04 Å². The van der Waals surface area contributed by atoms with E-state index in [-0.39, 0.29) is 11.5 Å². The third kappa shape index (κ3) is 1.93. The van der Waals surface area contributed by atoms with Crippen molar-refractivity contribution in [1.82, 2.24) is 0 Å². The van der Waals surface area contributed by atoms with E-state index in [1.807, 2.05) is 0 Å². The molecule has 3 nitrogen and oxygen atoms in total. The molecule has 1 atom stereocenters. The minimum Gasteiger partial charge on any atom is -0.507 e. The van der Waals surface area contributed by atoms with Gasteiger partial charge in [0.05, 0.1) is 6.04 Å². The van der Waals surface area contributed by atoms with Crippen LogP contribution >= 0.6 is 0 Å². The van der Waals surface area contributed by atoms with Crippen LogP contribution in [0.5, 0.6) is 5.75 Å². The number of hydrogen-bond acceptors (Lipinski definition) is 3. The first-order chi connectivity index (χ1) is 6.43. The molecule has 3 heteroatoms. The maximum Gasteiger partial charge on any atom is 0.179 e. The number of phenols is 1. The van der Waals surface area contributed by atoms with Crippen LogP contribution in [-0.4, -0.2) is 16.9 Å². The van der Waals surface area contributed by atoms with E-state index in [9.17, 15) is 9.90 Å². The van der Waals surface area contributed by atoms with Crippen LogP contribution in [0.1, 0.15) is 28.4 Å². The van der Waals surface area contributed by atoms with Crippen molar-refractivity contribution < 1.29 is 9.90 Å². The molecule has 1 aromatic rings. The number of benzene rings is 1. The zero-order chi connectivity index (χ0) is 10.9. The number of ketones is 1. The van der Waals surface area contributed by atoms with E-state index in [1.54, 1.807) is 32.9 Å².